The van der Waals surface area contributed by atoms with Gasteiger partial charge in [0.25, 0.3) is 0 Å². The van der Waals surface area contributed by atoms with Crippen LogP contribution in [0, 0.1) is 6.92 Å². The van der Waals surface area contributed by atoms with Crippen LogP contribution in [0.2, 0.25) is 0 Å². The minimum absolute atomic E-state index is 0.371. The van der Waals surface area contributed by atoms with Crippen LogP contribution in [0.4, 0.5) is 0 Å². The quantitative estimate of drug-likeness (QED) is 0.751. The van der Waals surface area contributed by atoms with E-state index in [1.165, 1.54) is 0 Å². The summed E-state index contributed by atoms with van der Waals surface area (Å²) in [5, 5.41) is 4.39. The highest BCUT2D eigenvalue weighted by atomic mass is 16.5. The fraction of sp³-hybridized carbons (Fsp3) is 0.278. The summed E-state index contributed by atoms with van der Waals surface area (Å²) >= 11 is 0. The predicted octanol–water partition coefficient (Wildman–Crippen LogP) is 2.60. The molecule has 1 atom stereocenters. The second-order valence-electron chi connectivity index (χ2n) is 6.14. The van der Waals surface area contributed by atoms with Crippen molar-refractivity contribution in [2.45, 2.75) is 32.9 Å². The number of fused-ring (bicyclic) bond motifs is 2. The molecule has 0 radical (unpaired) electrons. The van der Waals surface area contributed by atoms with Crippen molar-refractivity contribution in [1.29, 1.82) is 0 Å². The summed E-state index contributed by atoms with van der Waals surface area (Å²) in [7, 11) is 0. The molecule has 0 saturated carbocycles. The van der Waals surface area contributed by atoms with Gasteiger partial charge in [0, 0.05) is 35.3 Å². The summed E-state index contributed by atoms with van der Waals surface area (Å²) in [4.78, 5) is 19.8. The van der Waals surface area contributed by atoms with E-state index in [2.05, 4.69) is 22.2 Å². The minimum Gasteiger partial charge on any atom is -0.438 e. The Morgan fingerprint density at radius 2 is 2.21 bits per heavy atom. The Morgan fingerprint density at radius 3 is 3.04 bits per heavy atom. The highest BCUT2D eigenvalue weighted by Gasteiger charge is 2.21. The number of benzene rings is 1. The number of nitrogens with zero attached hydrogens (tertiary/aromatic N) is 3. The van der Waals surface area contributed by atoms with Gasteiger partial charge in [0.1, 0.15) is 12.1 Å². The van der Waals surface area contributed by atoms with E-state index in [0.29, 0.717) is 11.9 Å². The third kappa shape index (κ3) is 2.35. The SMILES string of the molecule is Cc1c(Oc2ncnc3c2C[C@H](C)NC3)ccc2c1ccn2C=O. The van der Waals surface area contributed by atoms with E-state index in [4.69, 9.17) is 4.74 Å². The van der Waals surface area contributed by atoms with Crippen molar-refractivity contribution in [3.8, 4) is 11.6 Å². The van der Waals surface area contributed by atoms with E-state index >= 15 is 0 Å². The smallest absolute Gasteiger partial charge is 0.225 e. The maximum Gasteiger partial charge on any atom is 0.225 e. The molecule has 0 bridgehead atoms. The zero-order valence-corrected chi connectivity index (χ0v) is 13.6. The molecule has 1 aromatic carbocycles. The van der Waals surface area contributed by atoms with Gasteiger partial charge in [0.05, 0.1) is 11.2 Å². The average molecular weight is 322 g/mol. The Morgan fingerprint density at radius 1 is 1.33 bits per heavy atom. The van der Waals surface area contributed by atoms with E-state index in [-0.39, 0.29) is 0 Å². The Labute approximate surface area is 139 Å². The summed E-state index contributed by atoms with van der Waals surface area (Å²) < 4.78 is 7.69. The van der Waals surface area contributed by atoms with Gasteiger partial charge in [-0.15, -0.1) is 0 Å². The van der Waals surface area contributed by atoms with E-state index in [0.717, 1.165) is 52.8 Å². The van der Waals surface area contributed by atoms with E-state index in [1.54, 1.807) is 17.1 Å². The fourth-order valence-corrected chi connectivity index (χ4v) is 3.20. The second kappa shape index (κ2) is 5.72. The number of rotatable bonds is 3. The summed E-state index contributed by atoms with van der Waals surface area (Å²) in [5.41, 5.74) is 3.91. The normalized spacial score (nSPS) is 16.8. The molecular weight excluding hydrogens is 304 g/mol. The van der Waals surface area contributed by atoms with Crippen LogP contribution in [0.5, 0.6) is 11.6 Å². The molecule has 1 N–H and O–H groups in total. The maximum atomic E-state index is 11.1. The molecule has 0 aliphatic carbocycles. The van der Waals surface area contributed by atoms with Crippen LogP contribution < -0.4 is 10.1 Å². The highest BCUT2D eigenvalue weighted by molar-refractivity contribution is 5.89. The topological polar surface area (TPSA) is 69.0 Å². The van der Waals surface area contributed by atoms with Crippen molar-refractivity contribution in [2.24, 2.45) is 0 Å². The van der Waals surface area contributed by atoms with Gasteiger partial charge in [-0.05, 0) is 38.5 Å². The van der Waals surface area contributed by atoms with Gasteiger partial charge in [-0.3, -0.25) is 9.36 Å². The molecule has 1 aliphatic heterocycles. The van der Waals surface area contributed by atoms with Crippen LogP contribution in [0.1, 0.15) is 23.7 Å². The molecule has 4 rings (SSSR count). The molecule has 2 aromatic heterocycles. The lowest BCUT2D eigenvalue weighted by Gasteiger charge is -2.23. The number of ether oxygens (including phenoxy) is 1. The van der Waals surface area contributed by atoms with Crippen molar-refractivity contribution in [3.63, 3.8) is 0 Å². The van der Waals surface area contributed by atoms with Gasteiger partial charge in [0.2, 0.25) is 12.3 Å². The van der Waals surface area contributed by atoms with Crippen molar-refractivity contribution in [2.75, 3.05) is 0 Å². The van der Waals surface area contributed by atoms with Crippen molar-refractivity contribution < 1.29 is 9.53 Å². The fourth-order valence-electron chi connectivity index (χ4n) is 3.20. The first-order valence-electron chi connectivity index (χ1n) is 7.97. The van der Waals surface area contributed by atoms with Crippen molar-refractivity contribution in [3.05, 3.63) is 47.5 Å². The van der Waals surface area contributed by atoms with Gasteiger partial charge in [-0.2, -0.15) is 0 Å². The lowest BCUT2D eigenvalue weighted by Crippen LogP contribution is -2.33. The van der Waals surface area contributed by atoms with Crippen LogP contribution in [-0.4, -0.2) is 27.0 Å². The lowest BCUT2D eigenvalue weighted by atomic mass is 10.0. The standard InChI is InChI=1S/C18H18N4O2/c1-11-7-14-15(8-19-11)20-9-21-18(14)24-17-4-3-16-13(12(17)2)5-6-22(16)10-23/h3-6,9-11,19H,7-8H2,1-2H3/t11-/m0/s1. The average Bonchev–Trinajstić information content (AvgIpc) is 3.01. The number of aromatic nitrogens is 3. The van der Waals surface area contributed by atoms with Crippen LogP contribution in [0.25, 0.3) is 10.9 Å². The number of aryl methyl sites for hydroxylation is 1. The molecule has 0 saturated heterocycles. The molecule has 0 spiro atoms. The van der Waals surface area contributed by atoms with Crippen LogP contribution >= 0.6 is 0 Å². The zero-order valence-electron chi connectivity index (χ0n) is 13.6. The summed E-state index contributed by atoms with van der Waals surface area (Å²) in [6.07, 6.45) is 4.95. The monoisotopic (exact) mass is 322 g/mol. The Hall–Kier alpha value is -2.73. The largest absolute Gasteiger partial charge is 0.438 e. The molecule has 6 nitrogen and oxygen atoms in total. The molecule has 24 heavy (non-hydrogen) atoms. The molecule has 1 aliphatic rings. The van der Waals surface area contributed by atoms with Gasteiger partial charge < -0.3 is 10.1 Å². The third-order valence-corrected chi connectivity index (χ3v) is 4.57. The minimum atomic E-state index is 0.371. The zero-order chi connectivity index (χ0) is 16.7. The molecule has 0 amide bonds. The van der Waals surface area contributed by atoms with Crippen LogP contribution in [0.3, 0.4) is 0 Å². The molecule has 3 heterocycles. The van der Waals surface area contributed by atoms with Crippen LogP contribution in [0.15, 0.2) is 30.7 Å². The summed E-state index contributed by atoms with van der Waals surface area (Å²) in [5.74, 6) is 1.36. The number of carbonyl (C=O) groups excluding carboxylic acids is 1. The first-order chi connectivity index (χ1) is 11.7. The van der Waals surface area contributed by atoms with Crippen molar-refractivity contribution >= 4 is 17.3 Å². The van der Waals surface area contributed by atoms with Crippen molar-refractivity contribution in [1.82, 2.24) is 19.9 Å². The molecule has 3 aromatic rings. The maximum absolute atomic E-state index is 11.1. The van der Waals surface area contributed by atoms with E-state index < -0.39 is 0 Å². The van der Waals surface area contributed by atoms with E-state index in [9.17, 15) is 4.79 Å². The van der Waals surface area contributed by atoms with Crippen LogP contribution in [-0.2, 0) is 17.8 Å². The van der Waals surface area contributed by atoms with Gasteiger partial charge in [-0.25, -0.2) is 9.97 Å². The van der Waals surface area contributed by atoms with Gasteiger partial charge in [0.15, 0.2) is 0 Å². The first-order valence-corrected chi connectivity index (χ1v) is 7.97. The number of hydrogen-bond acceptors (Lipinski definition) is 5. The number of nitrogens with one attached hydrogen (secondary N) is 1. The first kappa shape index (κ1) is 14.8. The summed E-state index contributed by atoms with van der Waals surface area (Å²) in [6.45, 7) is 4.86. The molecule has 6 heteroatoms. The molecule has 0 unspecified atom stereocenters. The van der Waals surface area contributed by atoms with Gasteiger partial charge in [-0.1, -0.05) is 0 Å². The Kier molecular flexibility index (Phi) is 3.54. The number of hydrogen-bond donors (Lipinski definition) is 1. The van der Waals surface area contributed by atoms with Gasteiger partial charge >= 0.3 is 0 Å². The predicted molar refractivity (Wildman–Crippen MR) is 90.9 cm³/mol. The lowest BCUT2D eigenvalue weighted by molar-refractivity contribution is 0.428. The third-order valence-electron chi connectivity index (χ3n) is 4.57. The Bertz CT molecular complexity index is 932. The highest BCUT2D eigenvalue weighted by Crippen LogP contribution is 2.33. The molecule has 122 valence electrons. The van der Waals surface area contributed by atoms with E-state index in [1.807, 2.05) is 25.1 Å². The number of carbonyl (C=O) groups is 1. The molecular formula is C18H18N4O2. The molecule has 0 fully saturated rings. The second-order valence-corrected chi connectivity index (χ2v) is 6.14. The summed E-state index contributed by atoms with van der Waals surface area (Å²) in [6, 6.07) is 6.07. The Balaban J connectivity index is 1.75.